The van der Waals surface area contributed by atoms with Gasteiger partial charge in [-0.05, 0) is 44.2 Å². The normalized spacial score (nSPS) is 22.3. The lowest BCUT2D eigenvalue weighted by Crippen LogP contribution is -2.27. The van der Waals surface area contributed by atoms with Gasteiger partial charge in [-0.25, -0.2) is 0 Å². The quantitative estimate of drug-likeness (QED) is 0.485. The van der Waals surface area contributed by atoms with Gasteiger partial charge in [-0.2, -0.15) is 0 Å². The van der Waals surface area contributed by atoms with Crippen molar-refractivity contribution < 1.29 is 5.11 Å². The van der Waals surface area contributed by atoms with Gasteiger partial charge in [0.15, 0.2) is 0 Å². The van der Waals surface area contributed by atoms with Crippen LogP contribution in [0.3, 0.4) is 0 Å². The summed E-state index contributed by atoms with van der Waals surface area (Å²) in [6.45, 7) is 0. The number of hydrogen-bond donors (Lipinski definition) is 1. The van der Waals surface area contributed by atoms with E-state index in [0.717, 1.165) is 44.1 Å². The Hall–Kier alpha value is -1.52. The molecule has 0 fully saturated rings. The predicted octanol–water partition coefficient (Wildman–Crippen LogP) is 3.68. The third-order valence-electron chi connectivity index (χ3n) is 3.33. The fourth-order valence-corrected chi connectivity index (χ4v) is 2.29. The van der Waals surface area contributed by atoms with Crippen LogP contribution in [0.2, 0.25) is 0 Å². The predicted molar refractivity (Wildman–Crippen MR) is 75.1 cm³/mol. The molecule has 1 aromatic carbocycles. The minimum absolute atomic E-state index is 0.563. The van der Waals surface area contributed by atoms with Crippen LogP contribution >= 0.6 is 0 Å². The highest BCUT2D eigenvalue weighted by molar-refractivity contribution is 5.33. The molecular weight excluding hydrogens is 220 g/mol. The monoisotopic (exact) mass is 240 g/mol. The Morgan fingerprint density at radius 2 is 2.06 bits per heavy atom. The maximum atomic E-state index is 10.3. The largest absolute Gasteiger partial charge is 0.386 e. The summed E-state index contributed by atoms with van der Waals surface area (Å²) in [6, 6.07) is 10.0. The minimum Gasteiger partial charge on any atom is -0.386 e. The van der Waals surface area contributed by atoms with Gasteiger partial charge in [-0.15, -0.1) is 0 Å². The summed E-state index contributed by atoms with van der Waals surface area (Å²) in [5.74, 6) is 6.32. The SMILES string of the molecule is OC1(CCCC#Cc2ccccc2)C=CCCC1. The van der Waals surface area contributed by atoms with Crippen LogP contribution < -0.4 is 0 Å². The first kappa shape index (κ1) is 12.9. The average molecular weight is 240 g/mol. The number of hydrogen-bond acceptors (Lipinski definition) is 1. The highest BCUT2D eigenvalue weighted by atomic mass is 16.3. The zero-order valence-corrected chi connectivity index (χ0v) is 10.7. The highest BCUT2D eigenvalue weighted by Crippen LogP contribution is 2.26. The van der Waals surface area contributed by atoms with Crippen LogP contribution in [0.5, 0.6) is 0 Å². The molecule has 18 heavy (non-hydrogen) atoms. The Balaban J connectivity index is 1.75. The van der Waals surface area contributed by atoms with Gasteiger partial charge in [-0.1, -0.05) is 42.2 Å². The number of rotatable bonds is 3. The standard InChI is InChI=1S/C17H20O/c18-17(14-8-3-9-15-17)13-7-2-6-12-16-10-4-1-5-11-16/h1,4-5,8,10-11,14,18H,2-3,7,9,13,15H2. The van der Waals surface area contributed by atoms with E-state index in [9.17, 15) is 5.11 Å². The van der Waals surface area contributed by atoms with Gasteiger partial charge in [0, 0.05) is 12.0 Å². The van der Waals surface area contributed by atoms with Gasteiger partial charge in [0.2, 0.25) is 0 Å². The molecule has 0 aromatic heterocycles. The first-order chi connectivity index (χ1) is 8.79. The minimum atomic E-state index is -0.563. The lowest BCUT2D eigenvalue weighted by Gasteiger charge is -2.27. The Morgan fingerprint density at radius 3 is 2.78 bits per heavy atom. The number of aliphatic hydroxyl groups is 1. The molecule has 1 N–H and O–H groups in total. The molecule has 0 radical (unpaired) electrons. The Morgan fingerprint density at radius 1 is 1.22 bits per heavy atom. The number of allylic oxidation sites excluding steroid dienone is 1. The Bertz CT molecular complexity index is 449. The van der Waals surface area contributed by atoms with E-state index in [1.807, 2.05) is 36.4 Å². The highest BCUT2D eigenvalue weighted by Gasteiger charge is 2.23. The molecule has 1 unspecified atom stereocenters. The molecular formula is C17H20O. The fourth-order valence-electron chi connectivity index (χ4n) is 2.29. The van der Waals surface area contributed by atoms with Crippen LogP contribution in [0, 0.1) is 11.8 Å². The fraction of sp³-hybridized carbons (Fsp3) is 0.412. The zero-order chi connectivity index (χ0) is 12.7. The van der Waals surface area contributed by atoms with E-state index >= 15 is 0 Å². The zero-order valence-electron chi connectivity index (χ0n) is 10.7. The van der Waals surface area contributed by atoms with E-state index in [-0.39, 0.29) is 0 Å². The molecule has 0 saturated carbocycles. The summed E-state index contributed by atoms with van der Waals surface area (Å²) in [4.78, 5) is 0. The molecule has 0 heterocycles. The van der Waals surface area contributed by atoms with Crippen molar-refractivity contribution >= 4 is 0 Å². The maximum absolute atomic E-state index is 10.3. The smallest absolute Gasteiger partial charge is 0.0828 e. The molecule has 2 rings (SSSR count). The molecule has 1 aliphatic carbocycles. The summed E-state index contributed by atoms with van der Waals surface area (Å²) < 4.78 is 0. The van der Waals surface area contributed by atoms with E-state index in [0.29, 0.717) is 0 Å². The van der Waals surface area contributed by atoms with Crippen molar-refractivity contribution in [3.63, 3.8) is 0 Å². The molecule has 1 aliphatic rings. The van der Waals surface area contributed by atoms with Crippen molar-refractivity contribution in [2.45, 2.75) is 44.1 Å². The maximum Gasteiger partial charge on any atom is 0.0828 e. The van der Waals surface area contributed by atoms with E-state index in [4.69, 9.17) is 0 Å². The Kier molecular flexibility index (Phi) is 4.61. The van der Waals surface area contributed by atoms with Gasteiger partial charge in [0.05, 0.1) is 5.60 Å². The van der Waals surface area contributed by atoms with Crippen LogP contribution in [-0.2, 0) is 0 Å². The van der Waals surface area contributed by atoms with Crippen molar-refractivity contribution in [3.8, 4) is 11.8 Å². The topological polar surface area (TPSA) is 20.2 Å². The van der Waals surface area contributed by atoms with Gasteiger partial charge < -0.3 is 5.11 Å². The molecule has 1 heteroatoms. The van der Waals surface area contributed by atoms with Crippen LogP contribution in [0.15, 0.2) is 42.5 Å². The third-order valence-corrected chi connectivity index (χ3v) is 3.33. The summed E-state index contributed by atoms with van der Waals surface area (Å²) in [7, 11) is 0. The van der Waals surface area contributed by atoms with Crippen molar-refractivity contribution in [1.82, 2.24) is 0 Å². The second-order valence-electron chi connectivity index (χ2n) is 4.92. The van der Waals surface area contributed by atoms with E-state index in [2.05, 4.69) is 17.9 Å². The molecule has 0 amide bonds. The van der Waals surface area contributed by atoms with Crippen molar-refractivity contribution in [2.24, 2.45) is 0 Å². The van der Waals surface area contributed by atoms with Gasteiger partial charge >= 0.3 is 0 Å². The van der Waals surface area contributed by atoms with E-state index in [1.54, 1.807) is 0 Å². The first-order valence-electron chi connectivity index (χ1n) is 6.73. The lowest BCUT2D eigenvalue weighted by molar-refractivity contribution is 0.0640. The molecule has 1 nitrogen and oxygen atoms in total. The number of benzene rings is 1. The Labute approximate surface area is 110 Å². The molecule has 94 valence electrons. The van der Waals surface area contributed by atoms with E-state index in [1.165, 1.54) is 0 Å². The third kappa shape index (κ3) is 4.05. The average Bonchev–Trinajstić information content (AvgIpc) is 2.40. The van der Waals surface area contributed by atoms with Gasteiger partial charge in [0.25, 0.3) is 0 Å². The molecule has 0 aliphatic heterocycles. The molecule has 0 saturated heterocycles. The van der Waals surface area contributed by atoms with Crippen LogP contribution in [0.1, 0.15) is 44.1 Å². The number of unbranched alkanes of at least 4 members (excludes halogenated alkanes) is 1. The van der Waals surface area contributed by atoms with Gasteiger partial charge in [0.1, 0.15) is 0 Å². The molecule has 0 bridgehead atoms. The lowest BCUT2D eigenvalue weighted by atomic mass is 9.87. The molecule has 1 aromatic rings. The van der Waals surface area contributed by atoms with Crippen LogP contribution in [-0.4, -0.2) is 10.7 Å². The van der Waals surface area contributed by atoms with Crippen molar-refractivity contribution in [2.75, 3.05) is 0 Å². The molecule has 0 spiro atoms. The van der Waals surface area contributed by atoms with Gasteiger partial charge in [-0.3, -0.25) is 0 Å². The summed E-state index contributed by atoms with van der Waals surface area (Å²) >= 11 is 0. The summed E-state index contributed by atoms with van der Waals surface area (Å²) in [5, 5.41) is 10.3. The summed E-state index contributed by atoms with van der Waals surface area (Å²) in [5.41, 5.74) is 0.501. The second-order valence-corrected chi connectivity index (χ2v) is 4.92. The molecule has 1 atom stereocenters. The van der Waals surface area contributed by atoms with Crippen LogP contribution in [0.4, 0.5) is 0 Å². The second kappa shape index (κ2) is 6.42. The van der Waals surface area contributed by atoms with Crippen LogP contribution in [0.25, 0.3) is 0 Å². The van der Waals surface area contributed by atoms with Crippen molar-refractivity contribution in [3.05, 3.63) is 48.0 Å². The first-order valence-corrected chi connectivity index (χ1v) is 6.73. The summed E-state index contributed by atoms with van der Waals surface area (Å²) in [6.07, 6.45) is 9.81. The van der Waals surface area contributed by atoms with E-state index < -0.39 is 5.60 Å². The van der Waals surface area contributed by atoms with Crippen molar-refractivity contribution in [1.29, 1.82) is 0 Å².